The van der Waals surface area contributed by atoms with Crippen LogP contribution in [-0.2, 0) is 0 Å². The first-order chi connectivity index (χ1) is 7.63. The number of hydrogen-bond acceptors (Lipinski definition) is 4. The van der Waals surface area contributed by atoms with E-state index in [1.165, 1.54) is 9.88 Å². The van der Waals surface area contributed by atoms with E-state index in [-0.39, 0.29) is 6.61 Å². The predicted octanol–water partition coefficient (Wildman–Crippen LogP) is 2.31. The highest BCUT2D eigenvalue weighted by atomic mass is 32.1. The Hall–Kier alpha value is -0.450. The number of hydrogen-bond donors (Lipinski definition) is 2. The highest BCUT2D eigenvalue weighted by Gasteiger charge is 2.10. The molecule has 0 bridgehead atoms. The molecule has 0 aliphatic carbocycles. The lowest BCUT2D eigenvalue weighted by Gasteiger charge is -2.16. The molecule has 0 saturated heterocycles. The molecule has 4 heteroatoms. The molecule has 0 aromatic carbocycles. The molecule has 0 saturated carbocycles. The molecule has 3 nitrogen and oxygen atoms in total. The van der Waals surface area contributed by atoms with E-state index in [9.17, 15) is 0 Å². The molecule has 0 aliphatic rings. The fourth-order valence-corrected chi connectivity index (χ4v) is 2.39. The lowest BCUT2D eigenvalue weighted by atomic mass is 10.1. The summed E-state index contributed by atoms with van der Waals surface area (Å²) >= 11 is 1.77. The fourth-order valence-electron chi connectivity index (χ4n) is 1.56. The van der Waals surface area contributed by atoms with Crippen molar-refractivity contribution in [3.8, 4) is 0 Å². The molecule has 0 aliphatic heterocycles. The van der Waals surface area contributed by atoms with Gasteiger partial charge in [-0.3, -0.25) is 0 Å². The van der Waals surface area contributed by atoms with Gasteiger partial charge in [-0.2, -0.15) is 0 Å². The van der Waals surface area contributed by atoms with Gasteiger partial charge in [0.1, 0.15) is 0 Å². The van der Waals surface area contributed by atoms with Crippen molar-refractivity contribution in [1.82, 2.24) is 10.3 Å². The van der Waals surface area contributed by atoms with Crippen LogP contribution in [0.2, 0.25) is 0 Å². The predicted molar refractivity (Wildman–Crippen MR) is 69.1 cm³/mol. The summed E-state index contributed by atoms with van der Waals surface area (Å²) in [5, 5.41) is 13.4. The maximum atomic E-state index is 8.74. The maximum Gasteiger partial charge on any atom is 0.0968 e. The Kier molecular flexibility index (Phi) is 5.95. The van der Waals surface area contributed by atoms with E-state index >= 15 is 0 Å². The van der Waals surface area contributed by atoms with Crippen LogP contribution in [-0.4, -0.2) is 29.3 Å². The first-order valence-electron chi connectivity index (χ1n) is 5.90. The summed E-state index contributed by atoms with van der Waals surface area (Å²) in [5.41, 5.74) is 0. The van der Waals surface area contributed by atoms with Gasteiger partial charge < -0.3 is 10.4 Å². The van der Waals surface area contributed by atoms with Gasteiger partial charge in [0.25, 0.3) is 0 Å². The average Bonchev–Trinajstić information content (AvgIpc) is 2.69. The van der Waals surface area contributed by atoms with Crippen molar-refractivity contribution < 1.29 is 5.11 Å². The molecule has 0 amide bonds. The molecule has 0 radical (unpaired) electrons. The number of aliphatic hydroxyl groups excluding tert-OH is 1. The van der Waals surface area contributed by atoms with Crippen molar-refractivity contribution in [2.75, 3.05) is 13.2 Å². The minimum atomic E-state index is 0.285. The Morgan fingerprint density at radius 3 is 2.81 bits per heavy atom. The standard InChI is InChI=1S/C12H22N2OS/c1-9(12-14-8-11(3)16-12)7-13-10(2)5-4-6-15/h8-10,13,15H,4-7H2,1-3H3. The Bertz CT molecular complexity index is 301. The van der Waals surface area contributed by atoms with Gasteiger partial charge in [0.2, 0.25) is 0 Å². The molecule has 0 spiro atoms. The van der Waals surface area contributed by atoms with E-state index < -0.39 is 0 Å². The molecule has 2 unspecified atom stereocenters. The number of nitrogens with one attached hydrogen (secondary N) is 1. The van der Waals surface area contributed by atoms with Crippen LogP contribution in [0.3, 0.4) is 0 Å². The lowest BCUT2D eigenvalue weighted by molar-refractivity contribution is 0.276. The summed E-state index contributed by atoms with van der Waals surface area (Å²) in [6.45, 7) is 7.69. The largest absolute Gasteiger partial charge is 0.396 e. The smallest absolute Gasteiger partial charge is 0.0968 e. The summed E-state index contributed by atoms with van der Waals surface area (Å²) in [6.07, 6.45) is 3.84. The van der Waals surface area contributed by atoms with E-state index in [0.717, 1.165) is 19.4 Å². The van der Waals surface area contributed by atoms with Gasteiger partial charge >= 0.3 is 0 Å². The highest BCUT2D eigenvalue weighted by Crippen LogP contribution is 2.20. The van der Waals surface area contributed by atoms with Gasteiger partial charge in [0.15, 0.2) is 0 Å². The highest BCUT2D eigenvalue weighted by molar-refractivity contribution is 7.11. The van der Waals surface area contributed by atoms with Gasteiger partial charge in [-0.1, -0.05) is 6.92 Å². The van der Waals surface area contributed by atoms with Gasteiger partial charge in [0, 0.05) is 36.2 Å². The second-order valence-corrected chi connectivity index (χ2v) is 5.65. The molecule has 2 atom stereocenters. The van der Waals surface area contributed by atoms with Crippen molar-refractivity contribution in [2.24, 2.45) is 0 Å². The monoisotopic (exact) mass is 242 g/mol. The van der Waals surface area contributed by atoms with E-state index in [4.69, 9.17) is 5.11 Å². The van der Waals surface area contributed by atoms with E-state index in [1.807, 2.05) is 6.20 Å². The van der Waals surface area contributed by atoms with Crippen LogP contribution in [0.1, 0.15) is 42.5 Å². The third kappa shape index (κ3) is 4.60. The Morgan fingerprint density at radius 1 is 1.50 bits per heavy atom. The lowest BCUT2D eigenvalue weighted by Crippen LogP contribution is -2.29. The quantitative estimate of drug-likeness (QED) is 0.771. The van der Waals surface area contributed by atoms with Crippen molar-refractivity contribution in [3.05, 3.63) is 16.1 Å². The number of aliphatic hydroxyl groups is 1. The van der Waals surface area contributed by atoms with Crippen molar-refractivity contribution >= 4 is 11.3 Å². The van der Waals surface area contributed by atoms with E-state index in [1.54, 1.807) is 11.3 Å². The van der Waals surface area contributed by atoms with Crippen molar-refractivity contribution in [2.45, 2.75) is 45.6 Å². The van der Waals surface area contributed by atoms with Crippen LogP contribution < -0.4 is 5.32 Å². The number of aromatic nitrogens is 1. The first kappa shape index (κ1) is 13.6. The Balaban J connectivity index is 2.27. The van der Waals surface area contributed by atoms with Gasteiger partial charge in [-0.15, -0.1) is 11.3 Å². The van der Waals surface area contributed by atoms with Crippen LogP contribution in [0.5, 0.6) is 0 Å². The molecule has 0 fully saturated rings. The molecule has 1 heterocycles. The molecule has 2 N–H and O–H groups in total. The number of nitrogens with zero attached hydrogens (tertiary/aromatic N) is 1. The molecular weight excluding hydrogens is 220 g/mol. The van der Waals surface area contributed by atoms with Crippen LogP contribution in [0, 0.1) is 6.92 Å². The SMILES string of the molecule is Cc1cnc(C(C)CNC(C)CCCO)s1. The summed E-state index contributed by atoms with van der Waals surface area (Å²) in [6, 6.07) is 0.468. The second-order valence-electron chi connectivity index (χ2n) is 4.39. The maximum absolute atomic E-state index is 8.74. The van der Waals surface area contributed by atoms with Crippen molar-refractivity contribution in [3.63, 3.8) is 0 Å². The van der Waals surface area contributed by atoms with Gasteiger partial charge in [-0.25, -0.2) is 4.98 Å². The van der Waals surface area contributed by atoms with Crippen LogP contribution >= 0.6 is 11.3 Å². The Labute approximate surface area is 102 Å². The van der Waals surface area contributed by atoms with Crippen molar-refractivity contribution in [1.29, 1.82) is 0 Å². The fraction of sp³-hybridized carbons (Fsp3) is 0.750. The Morgan fingerprint density at radius 2 is 2.25 bits per heavy atom. The first-order valence-corrected chi connectivity index (χ1v) is 6.71. The van der Waals surface area contributed by atoms with E-state index in [0.29, 0.717) is 12.0 Å². The normalized spacial score (nSPS) is 15.0. The summed E-state index contributed by atoms with van der Waals surface area (Å²) in [5.74, 6) is 0.468. The van der Waals surface area contributed by atoms with Crippen LogP contribution in [0.25, 0.3) is 0 Å². The molecule has 1 aromatic heterocycles. The molecule has 92 valence electrons. The molecule has 1 aromatic rings. The number of aryl methyl sites for hydroxylation is 1. The van der Waals surface area contributed by atoms with Gasteiger partial charge in [-0.05, 0) is 26.7 Å². The molecule has 16 heavy (non-hydrogen) atoms. The number of rotatable bonds is 7. The topological polar surface area (TPSA) is 45.2 Å². The summed E-state index contributed by atoms with van der Waals surface area (Å²) in [4.78, 5) is 5.67. The van der Waals surface area contributed by atoms with Crippen LogP contribution in [0.4, 0.5) is 0 Å². The zero-order valence-corrected chi connectivity index (χ0v) is 11.2. The second kappa shape index (κ2) is 6.99. The zero-order chi connectivity index (χ0) is 12.0. The van der Waals surface area contributed by atoms with Gasteiger partial charge in [0.05, 0.1) is 5.01 Å². The van der Waals surface area contributed by atoms with Crippen LogP contribution in [0.15, 0.2) is 6.20 Å². The molecule has 1 rings (SSSR count). The minimum absolute atomic E-state index is 0.285. The average molecular weight is 242 g/mol. The van der Waals surface area contributed by atoms with E-state index in [2.05, 4.69) is 31.1 Å². The minimum Gasteiger partial charge on any atom is -0.396 e. The summed E-state index contributed by atoms with van der Waals surface area (Å²) in [7, 11) is 0. The third-order valence-electron chi connectivity index (χ3n) is 2.63. The third-order valence-corrected chi connectivity index (χ3v) is 3.77. The zero-order valence-electron chi connectivity index (χ0n) is 10.4. The summed E-state index contributed by atoms with van der Waals surface area (Å²) < 4.78 is 0. The number of thiazole rings is 1. The molecular formula is C12H22N2OS.